The molecule has 0 aromatic carbocycles. The van der Waals surface area contributed by atoms with Crippen molar-refractivity contribution < 1.29 is 4.42 Å². The Labute approximate surface area is 96.9 Å². The van der Waals surface area contributed by atoms with Crippen LogP contribution in [0.3, 0.4) is 0 Å². The van der Waals surface area contributed by atoms with E-state index >= 15 is 0 Å². The van der Waals surface area contributed by atoms with Gasteiger partial charge in [-0.2, -0.15) is 5.10 Å². The zero-order chi connectivity index (χ0) is 11.0. The van der Waals surface area contributed by atoms with Crippen LogP contribution in [0.2, 0.25) is 5.22 Å². The summed E-state index contributed by atoms with van der Waals surface area (Å²) < 4.78 is 7.50. The molecule has 0 bridgehead atoms. The third-order valence-corrected chi connectivity index (χ3v) is 2.66. The molecule has 2 aromatic rings. The van der Waals surface area contributed by atoms with Crippen LogP contribution in [-0.4, -0.2) is 14.8 Å². The SMILES string of the molecule is CC(C)n1c(-c2ccoc2Cl)n[nH]c1=S. The number of nitrogens with one attached hydrogen (secondary N) is 1. The van der Waals surface area contributed by atoms with Gasteiger partial charge in [0.25, 0.3) is 0 Å². The van der Waals surface area contributed by atoms with E-state index in [-0.39, 0.29) is 6.04 Å². The molecule has 0 aliphatic rings. The Hall–Kier alpha value is -1.07. The maximum Gasteiger partial charge on any atom is 0.204 e. The fourth-order valence-electron chi connectivity index (χ4n) is 1.43. The highest BCUT2D eigenvalue weighted by Crippen LogP contribution is 2.28. The van der Waals surface area contributed by atoms with Crippen LogP contribution in [0.4, 0.5) is 0 Å². The second kappa shape index (κ2) is 3.83. The summed E-state index contributed by atoms with van der Waals surface area (Å²) in [6.45, 7) is 4.06. The molecule has 0 radical (unpaired) electrons. The lowest BCUT2D eigenvalue weighted by molar-refractivity contribution is 0.567. The lowest BCUT2D eigenvalue weighted by atomic mass is 10.3. The standard InChI is InChI=1S/C9H10ClN3OS/c1-5(2)13-8(11-12-9(13)15)6-3-4-14-7(6)10/h3-5H,1-2H3,(H,12,15). The third kappa shape index (κ3) is 1.72. The van der Waals surface area contributed by atoms with Gasteiger partial charge in [0, 0.05) is 6.04 Å². The van der Waals surface area contributed by atoms with Crippen molar-refractivity contribution in [1.29, 1.82) is 0 Å². The first kappa shape index (κ1) is 10.4. The molecule has 0 amide bonds. The summed E-state index contributed by atoms with van der Waals surface area (Å²) >= 11 is 11.0. The van der Waals surface area contributed by atoms with Crippen molar-refractivity contribution in [1.82, 2.24) is 14.8 Å². The molecule has 0 atom stereocenters. The number of hydrogen-bond acceptors (Lipinski definition) is 3. The number of nitrogens with zero attached hydrogens (tertiary/aromatic N) is 2. The normalized spacial score (nSPS) is 11.2. The minimum absolute atomic E-state index is 0.220. The van der Waals surface area contributed by atoms with Gasteiger partial charge in [-0.05, 0) is 43.7 Å². The monoisotopic (exact) mass is 243 g/mol. The van der Waals surface area contributed by atoms with Crippen molar-refractivity contribution in [2.45, 2.75) is 19.9 Å². The molecule has 0 saturated carbocycles. The minimum Gasteiger partial charge on any atom is -0.452 e. The zero-order valence-corrected chi connectivity index (χ0v) is 9.89. The van der Waals surface area contributed by atoms with Gasteiger partial charge in [-0.15, -0.1) is 0 Å². The zero-order valence-electron chi connectivity index (χ0n) is 8.32. The van der Waals surface area contributed by atoms with Crippen LogP contribution in [0, 0.1) is 4.77 Å². The molecule has 2 aromatic heterocycles. The Bertz CT molecular complexity index is 525. The highest BCUT2D eigenvalue weighted by atomic mass is 35.5. The predicted molar refractivity (Wildman–Crippen MR) is 60.5 cm³/mol. The predicted octanol–water partition coefficient (Wildman–Crippen LogP) is 3.43. The smallest absolute Gasteiger partial charge is 0.204 e. The van der Waals surface area contributed by atoms with Crippen molar-refractivity contribution >= 4 is 23.8 Å². The van der Waals surface area contributed by atoms with Crippen molar-refractivity contribution in [2.24, 2.45) is 0 Å². The van der Waals surface area contributed by atoms with E-state index in [1.165, 1.54) is 6.26 Å². The molecule has 6 heteroatoms. The first-order valence-electron chi connectivity index (χ1n) is 4.51. The molecule has 0 saturated heterocycles. The number of aromatic amines is 1. The Morgan fingerprint density at radius 2 is 2.33 bits per heavy atom. The maximum absolute atomic E-state index is 5.89. The largest absolute Gasteiger partial charge is 0.452 e. The maximum atomic E-state index is 5.89. The van der Waals surface area contributed by atoms with Gasteiger partial charge in [-0.1, -0.05) is 0 Å². The lowest BCUT2D eigenvalue weighted by Crippen LogP contribution is -2.02. The van der Waals surface area contributed by atoms with Crippen molar-refractivity contribution in [3.8, 4) is 11.4 Å². The lowest BCUT2D eigenvalue weighted by Gasteiger charge is -2.08. The molecule has 0 aliphatic heterocycles. The number of H-pyrrole nitrogens is 1. The van der Waals surface area contributed by atoms with Gasteiger partial charge in [0.1, 0.15) is 0 Å². The van der Waals surface area contributed by atoms with Gasteiger partial charge in [0.2, 0.25) is 5.22 Å². The van der Waals surface area contributed by atoms with E-state index in [1.807, 2.05) is 18.4 Å². The molecule has 0 fully saturated rings. The van der Waals surface area contributed by atoms with Crippen LogP contribution in [0.25, 0.3) is 11.4 Å². The fraction of sp³-hybridized carbons (Fsp3) is 0.333. The van der Waals surface area contributed by atoms with Crippen LogP contribution < -0.4 is 0 Å². The Morgan fingerprint density at radius 3 is 2.87 bits per heavy atom. The second-order valence-electron chi connectivity index (χ2n) is 3.42. The highest BCUT2D eigenvalue weighted by Gasteiger charge is 2.15. The Morgan fingerprint density at radius 1 is 1.60 bits per heavy atom. The van der Waals surface area contributed by atoms with E-state index in [1.54, 1.807) is 6.07 Å². The molecule has 0 aliphatic carbocycles. The number of aromatic nitrogens is 3. The van der Waals surface area contributed by atoms with Crippen molar-refractivity contribution in [3.05, 3.63) is 22.3 Å². The number of rotatable bonds is 2. The van der Waals surface area contributed by atoms with Gasteiger partial charge < -0.3 is 4.42 Å². The molecular weight excluding hydrogens is 234 g/mol. The van der Waals surface area contributed by atoms with Crippen molar-refractivity contribution in [2.75, 3.05) is 0 Å². The molecule has 80 valence electrons. The van der Waals surface area contributed by atoms with Crippen LogP contribution in [0.1, 0.15) is 19.9 Å². The van der Waals surface area contributed by atoms with Gasteiger partial charge in [-0.3, -0.25) is 9.67 Å². The third-order valence-electron chi connectivity index (χ3n) is 2.08. The summed E-state index contributed by atoms with van der Waals surface area (Å²) in [7, 11) is 0. The van der Waals surface area contributed by atoms with E-state index in [9.17, 15) is 0 Å². The molecule has 2 heterocycles. The van der Waals surface area contributed by atoms with Gasteiger partial charge in [-0.25, -0.2) is 0 Å². The summed E-state index contributed by atoms with van der Waals surface area (Å²) in [5.74, 6) is 0.703. The number of halogens is 1. The molecule has 0 unspecified atom stereocenters. The molecule has 2 rings (SSSR count). The number of furan rings is 1. The van der Waals surface area contributed by atoms with E-state index in [0.29, 0.717) is 15.8 Å². The van der Waals surface area contributed by atoms with E-state index < -0.39 is 0 Å². The van der Waals surface area contributed by atoms with Gasteiger partial charge >= 0.3 is 0 Å². The molecule has 1 N–H and O–H groups in total. The number of hydrogen-bond donors (Lipinski definition) is 1. The summed E-state index contributed by atoms with van der Waals surface area (Å²) in [6.07, 6.45) is 1.53. The topological polar surface area (TPSA) is 46.8 Å². The van der Waals surface area contributed by atoms with Crippen LogP contribution in [-0.2, 0) is 0 Å². The first-order valence-corrected chi connectivity index (χ1v) is 5.30. The summed E-state index contributed by atoms with van der Waals surface area (Å²) in [5.41, 5.74) is 0.748. The molecule has 0 spiro atoms. The van der Waals surface area contributed by atoms with Crippen LogP contribution in [0.5, 0.6) is 0 Å². The minimum atomic E-state index is 0.220. The van der Waals surface area contributed by atoms with E-state index in [0.717, 1.165) is 5.56 Å². The summed E-state index contributed by atoms with van der Waals surface area (Å²) in [4.78, 5) is 0. The average Bonchev–Trinajstić information content (AvgIpc) is 2.71. The molecule has 4 nitrogen and oxygen atoms in total. The second-order valence-corrected chi connectivity index (χ2v) is 4.15. The summed E-state index contributed by atoms with van der Waals surface area (Å²) in [5, 5.41) is 7.22. The van der Waals surface area contributed by atoms with Gasteiger partial charge in [0.05, 0.1) is 11.8 Å². The quantitative estimate of drug-likeness (QED) is 0.822. The van der Waals surface area contributed by atoms with Crippen LogP contribution in [0.15, 0.2) is 16.7 Å². The Kier molecular flexibility index (Phi) is 2.67. The van der Waals surface area contributed by atoms with Gasteiger partial charge in [0.15, 0.2) is 10.6 Å². The first-order chi connectivity index (χ1) is 7.11. The molecular formula is C9H10ClN3OS. The van der Waals surface area contributed by atoms with Crippen molar-refractivity contribution in [3.63, 3.8) is 0 Å². The van der Waals surface area contributed by atoms with Crippen LogP contribution >= 0.6 is 23.8 Å². The average molecular weight is 244 g/mol. The van der Waals surface area contributed by atoms with E-state index in [4.69, 9.17) is 28.2 Å². The van der Waals surface area contributed by atoms with E-state index in [2.05, 4.69) is 10.2 Å². The fourth-order valence-corrected chi connectivity index (χ4v) is 1.97. The summed E-state index contributed by atoms with van der Waals surface area (Å²) in [6, 6.07) is 1.99. The highest BCUT2D eigenvalue weighted by molar-refractivity contribution is 7.71. The molecule has 15 heavy (non-hydrogen) atoms. The Balaban J connectivity index is 2.64.